The Morgan fingerprint density at radius 3 is 1.67 bits per heavy atom. The quantitative estimate of drug-likeness (QED) is 0.123. The molecule has 2 N–H and O–H groups in total. The highest BCUT2D eigenvalue weighted by Gasteiger charge is 2.37. The Hall–Kier alpha value is -4.04. The molecule has 1 aliphatic heterocycles. The van der Waals surface area contributed by atoms with E-state index in [1.165, 1.54) is 24.3 Å². The molecule has 1 heterocycles. The lowest BCUT2D eigenvalue weighted by Gasteiger charge is -2.11. The molecule has 0 radical (unpaired) electrons. The predicted molar refractivity (Wildman–Crippen MR) is 163 cm³/mol. The highest BCUT2D eigenvalue weighted by molar-refractivity contribution is 5.35. The molecule has 7 heteroatoms. The van der Waals surface area contributed by atoms with Gasteiger partial charge in [0.25, 0.3) is 0 Å². The van der Waals surface area contributed by atoms with Gasteiger partial charge in [0.1, 0.15) is 42.5 Å². The molecule has 0 aliphatic carbocycles. The van der Waals surface area contributed by atoms with Crippen LogP contribution in [-0.4, -0.2) is 35.6 Å². The van der Waals surface area contributed by atoms with Gasteiger partial charge in [-0.2, -0.15) is 0 Å². The summed E-state index contributed by atoms with van der Waals surface area (Å²) >= 11 is 0. The standard InChI is InChI=1S/C18H19FO3.C18H19FO2/c19-15-7-9-16(21-12-13-4-2-1-3-5-13)14(10-15)6-8-17-18(11-20)22-17;19-17-10-11-18(16(13-17)9-5-2-6-12-20)21-14-15-7-3-1-4-8-15/h1-5,7,9-10,17-18,20H,6,8,11-12H2;1-4,6-8,10-11,13,20H,5,9,12,14H2/b;6-2-. The van der Waals surface area contributed by atoms with Gasteiger partial charge in [0, 0.05) is 0 Å². The van der Waals surface area contributed by atoms with Crippen LogP contribution in [-0.2, 0) is 30.8 Å². The van der Waals surface area contributed by atoms with Gasteiger partial charge in [-0.05, 0) is 84.3 Å². The Bertz CT molecular complexity index is 1410. The third-order valence-corrected chi connectivity index (χ3v) is 6.94. The Kier molecular flexibility index (Phi) is 12.7. The minimum absolute atomic E-state index is 0.0283. The molecular formula is C36H38F2O5. The predicted octanol–water partition coefficient (Wildman–Crippen LogP) is 6.98. The van der Waals surface area contributed by atoms with Crippen LogP contribution >= 0.6 is 0 Å². The Morgan fingerprint density at radius 2 is 1.19 bits per heavy atom. The minimum atomic E-state index is -0.266. The number of aliphatic hydroxyl groups is 2. The largest absolute Gasteiger partial charge is 0.489 e. The van der Waals surface area contributed by atoms with Crippen LogP contribution in [0.15, 0.2) is 109 Å². The van der Waals surface area contributed by atoms with Crippen LogP contribution in [0.1, 0.15) is 35.1 Å². The molecule has 2 atom stereocenters. The van der Waals surface area contributed by atoms with Crippen molar-refractivity contribution in [1.29, 1.82) is 0 Å². The van der Waals surface area contributed by atoms with Crippen LogP contribution < -0.4 is 9.47 Å². The lowest BCUT2D eigenvalue weighted by atomic mass is 10.1. The normalized spacial score (nSPS) is 15.5. The van der Waals surface area contributed by atoms with E-state index in [1.807, 2.05) is 66.7 Å². The van der Waals surface area contributed by atoms with Gasteiger partial charge >= 0.3 is 0 Å². The van der Waals surface area contributed by atoms with E-state index >= 15 is 0 Å². The minimum Gasteiger partial charge on any atom is -0.489 e. The van der Waals surface area contributed by atoms with Crippen molar-refractivity contribution in [2.75, 3.05) is 13.2 Å². The van der Waals surface area contributed by atoms with Crippen LogP contribution in [0.25, 0.3) is 0 Å². The first-order valence-corrected chi connectivity index (χ1v) is 14.5. The number of aliphatic hydroxyl groups excluding tert-OH is 2. The van der Waals surface area contributed by atoms with Crippen molar-refractivity contribution in [3.63, 3.8) is 0 Å². The van der Waals surface area contributed by atoms with E-state index < -0.39 is 0 Å². The molecule has 5 rings (SSSR count). The third-order valence-electron chi connectivity index (χ3n) is 6.94. The molecule has 1 fully saturated rings. The molecule has 2 unspecified atom stereocenters. The fourth-order valence-corrected chi connectivity index (χ4v) is 4.56. The molecule has 43 heavy (non-hydrogen) atoms. The maximum absolute atomic E-state index is 13.5. The number of epoxide rings is 1. The molecule has 0 spiro atoms. The molecule has 0 amide bonds. The van der Waals surface area contributed by atoms with Crippen LogP contribution in [0.4, 0.5) is 8.78 Å². The van der Waals surface area contributed by atoms with E-state index in [9.17, 15) is 8.78 Å². The first-order valence-electron chi connectivity index (χ1n) is 14.5. The molecule has 1 saturated heterocycles. The monoisotopic (exact) mass is 588 g/mol. The lowest BCUT2D eigenvalue weighted by molar-refractivity contribution is 0.241. The van der Waals surface area contributed by atoms with E-state index in [0.29, 0.717) is 37.6 Å². The zero-order valence-electron chi connectivity index (χ0n) is 24.1. The van der Waals surface area contributed by atoms with Crippen LogP contribution in [0.3, 0.4) is 0 Å². The summed E-state index contributed by atoms with van der Waals surface area (Å²) in [6.07, 6.45) is 6.44. The Morgan fingerprint density at radius 1 is 0.651 bits per heavy atom. The van der Waals surface area contributed by atoms with Crippen molar-refractivity contribution in [3.05, 3.63) is 143 Å². The van der Waals surface area contributed by atoms with E-state index in [4.69, 9.17) is 24.4 Å². The SMILES string of the molecule is OC/C=C\CCc1cc(F)ccc1OCc1ccccc1.OCC1OC1CCc1cc(F)ccc1OCc1ccccc1. The zero-order chi connectivity index (χ0) is 30.3. The van der Waals surface area contributed by atoms with Crippen molar-refractivity contribution in [2.24, 2.45) is 0 Å². The average molecular weight is 589 g/mol. The van der Waals surface area contributed by atoms with E-state index in [2.05, 4.69) is 0 Å². The van der Waals surface area contributed by atoms with E-state index in [1.54, 1.807) is 18.2 Å². The van der Waals surface area contributed by atoms with Crippen LogP contribution in [0.5, 0.6) is 11.5 Å². The fourth-order valence-electron chi connectivity index (χ4n) is 4.56. The van der Waals surface area contributed by atoms with Crippen LogP contribution in [0, 0.1) is 11.6 Å². The van der Waals surface area contributed by atoms with Crippen molar-refractivity contribution in [2.45, 2.75) is 51.1 Å². The number of benzene rings is 4. The van der Waals surface area contributed by atoms with Gasteiger partial charge in [-0.1, -0.05) is 72.8 Å². The second kappa shape index (κ2) is 17.2. The Labute approximate surface area is 252 Å². The molecule has 5 nitrogen and oxygen atoms in total. The number of halogens is 2. The van der Waals surface area contributed by atoms with Crippen LogP contribution in [0.2, 0.25) is 0 Å². The highest BCUT2D eigenvalue weighted by Crippen LogP contribution is 2.29. The lowest BCUT2D eigenvalue weighted by Crippen LogP contribution is -2.03. The molecule has 226 valence electrons. The first-order chi connectivity index (χ1) is 21.1. The maximum atomic E-state index is 13.5. The van der Waals surface area contributed by atoms with Gasteiger partial charge in [0.2, 0.25) is 0 Å². The molecular weight excluding hydrogens is 550 g/mol. The number of ether oxygens (including phenoxy) is 3. The number of rotatable bonds is 14. The molecule has 1 aliphatic rings. The topological polar surface area (TPSA) is 71.5 Å². The summed E-state index contributed by atoms with van der Waals surface area (Å²) in [4.78, 5) is 0. The summed E-state index contributed by atoms with van der Waals surface area (Å²) in [5.74, 6) is 0.879. The summed E-state index contributed by atoms with van der Waals surface area (Å²) < 4.78 is 43.8. The summed E-state index contributed by atoms with van der Waals surface area (Å²) in [5.41, 5.74) is 3.83. The first kappa shape index (κ1) is 31.9. The summed E-state index contributed by atoms with van der Waals surface area (Å²) in [6, 6.07) is 28.9. The van der Waals surface area contributed by atoms with Gasteiger partial charge in [-0.25, -0.2) is 8.78 Å². The third kappa shape index (κ3) is 10.9. The summed E-state index contributed by atoms with van der Waals surface area (Å²) in [6.45, 7) is 0.996. The number of allylic oxidation sites excluding steroid dienone is 1. The van der Waals surface area contributed by atoms with Gasteiger partial charge in [-0.15, -0.1) is 0 Å². The van der Waals surface area contributed by atoms with E-state index in [-0.39, 0.29) is 37.1 Å². The molecule has 4 aromatic carbocycles. The van der Waals surface area contributed by atoms with Crippen molar-refractivity contribution < 1.29 is 33.2 Å². The number of aryl methyl sites for hydroxylation is 2. The number of hydrogen-bond donors (Lipinski definition) is 2. The van der Waals surface area contributed by atoms with Crippen molar-refractivity contribution in [3.8, 4) is 11.5 Å². The second-order valence-corrected chi connectivity index (χ2v) is 10.2. The molecule has 0 bridgehead atoms. The second-order valence-electron chi connectivity index (χ2n) is 10.2. The number of hydrogen-bond acceptors (Lipinski definition) is 5. The van der Waals surface area contributed by atoms with Crippen molar-refractivity contribution in [1.82, 2.24) is 0 Å². The Balaban J connectivity index is 0.000000197. The van der Waals surface area contributed by atoms with Gasteiger partial charge < -0.3 is 24.4 Å². The smallest absolute Gasteiger partial charge is 0.123 e. The average Bonchev–Trinajstić information content (AvgIpc) is 3.81. The molecule has 0 saturated carbocycles. The molecule has 4 aromatic rings. The summed E-state index contributed by atoms with van der Waals surface area (Å²) in [7, 11) is 0. The van der Waals surface area contributed by atoms with Gasteiger partial charge in [0.15, 0.2) is 0 Å². The van der Waals surface area contributed by atoms with Crippen molar-refractivity contribution >= 4 is 0 Å². The molecule has 0 aromatic heterocycles. The summed E-state index contributed by atoms with van der Waals surface area (Å²) in [5, 5.41) is 17.7. The fraction of sp³-hybridized carbons (Fsp3) is 0.278. The highest BCUT2D eigenvalue weighted by atomic mass is 19.1. The van der Waals surface area contributed by atoms with Gasteiger partial charge in [0.05, 0.1) is 19.3 Å². The maximum Gasteiger partial charge on any atom is 0.123 e. The van der Waals surface area contributed by atoms with E-state index in [0.717, 1.165) is 35.1 Å². The zero-order valence-corrected chi connectivity index (χ0v) is 24.1. The van der Waals surface area contributed by atoms with Gasteiger partial charge in [-0.3, -0.25) is 0 Å².